The van der Waals surface area contributed by atoms with Gasteiger partial charge >= 0.3 is 20.3 Å². The van der Waals surface area contributed by atoms with Crippen molar-refractivity contribution in [2.45, 2.75) is 37.8 Å². The van der Waals surface area contributed by atoms with Crippen molar-refractivity contribution in [3.63, 3.8) is 0 Å². The minimum Gasteiger partial charge on any atom is -0.426 e. The maximum absolute atomic E-state index is 12.0. The molecule has 1 saturated heterocycles. The van der Waals surface area contributed by atoms with Gasteiger partial charge in [-0.15, -0.1) is 0 Å². The van der Waals surface area contributed by atoms with Crippen LogP contribution in [0.25, 0.3) is 0 Å². The van der Waals surface area contributed by atoms with Crippen LogP contribution in [-0.2, 0) is 20.4 Å². The molecular formula is C16H15Cl2N2O8P. The standard InChI is InChI=1S/C16H15Cl2N2O8P/c17-9-1-2-11-8(5-9)7-25-29(27-11)28-16(23,24)12-3-4-13(26-12)20-6-10(18)14(21)19-15(20)22/h1-2,5-6,12-13,23-24H,3-4,7H2,(H,19,21,22). The SMILES string of the molecule is O=c1[nH]c(=O)n(C2CCC(C(O)(O)OP3OCc4cc(Cl)ccc4O3)O2)cc1Cl. The highest BCUT2D eigenvalue weighted by Gasteiger charge is 2.47. The highest BCUT2D eigenvalue weighted by atomic mass is 35.5. The van der Waals surface area contributed by atoms with Gasteiger partial charge in [0.2, 0.25) is 0 Å². The molecule has 13 heteroatoms. The summed E-state index contributed by atoms with van der Waals surface area (Å²) in [5.74, 6) is -2.28. The monoisotopic (exact) mass is 464 g/mol. The maximum Gasteiger partial charge on any atom is 0.402 e. The summed E-state index contributed by atoms with van der Waals surface area (Å²) in [6.45, 7) is 0.122. The average Bonchev–Trinajstić information content (AvgIpc) is 3.15. The molecule has 0 amide bonds. The van der Waals surface area contributed by atoms with E-state index in [0.29, 0.717) is 16.3 Å². The third-order valence-corrected chi connectivity index (χ3v) is 5.99. The number of nitrogens with zero attached hydrogens (tertiary/aromatic N) is 1. The van der Waals surface area contributed by atoms with Crippen LogP contribution in [0.4, 0.5) is 0 Å². The van der Waals surface area contributed by atoms with Gasteiger partial charge in [-0.3, -0.25) is 18.9 Å². The Kier molecular flexibility index (Phi) is 5.71. The Morgan fingerprint density at radius 2 is 2.07 bits per heavy atom. The molecule has 0 aliphatic carbocycles. The fourth-order valence-corrected chi connectivity index (χ4v) is 4.38. The highest BCUT2D eigenvalue weighted by Crippen LogP contribution is 2.51. The van der Waals surface area contributed by atoms with Crippen molar-refractivity contribution in [3.8, 4) is 5.75 Å². The van der Waals surface area contributed by atoms with Crippen LogP contribution in [0.15, 0.2) is 34.0 Å². The van der Waals surface area contributed by atoms with E-state index in [1.54, 1.807) is 18.2 Å². The second-order valence-corrected chi connectivity index (χ2v) is 8.30. The molecule has 3 unspecified atom stereocenters. The molecule has 10 nitrogen and oxygen atoms in total. The molecule has 3 atom stereocenters. The molecule has 2 aliphatic rings. The molecule has 29 heavy (non-hydrogen) atoms. The van der Waals surface area contributed by atoms with Crippen LogP contribution in [0.3, 0.4) is 0 Å². The number of ether oxygens (including phenoxy) is 1. The lowest BCUT2D eigenvalue weighted by molar-refractivity contribution is -0.346. The summed E-state index contributed by atoms with van der Waals surface area (Å²) >= 11 is 11.7. The molecule has 156 valence electrons. The normalized spacial score (nSPS) is 24.2. The van der Waals surface area contributed by atoms with Crippen molar-refractivity contribution < 1.29 is 28.5 Å². The fraction of sp³-hybridized carbons (Fsp3) is 0.375. The summed E-state index contributed by atoms with van der Waals surface area (Å²) in [7, 11) is -2.12. The Morgan fingerprint density at radius 3 is 2.86 bits per heavy atom. The van der Waals surface area contributed by atoms with E-state index >= 15 is 0 Å². The first kappa shape index (κ1) is 20.8. The van der Waals surface area contributed by atoms with E-state index in [9.17, 15) is 19.8 Å². The third-order valence-electron chi connectivity index (χ3n) is 4.38. The molecule has 4 rings (SSSR count). The minimum absolute atomic E-state index is 0.122. The second kappa shape index (κ2) is 7.98. The number of hydrogen-bond acceptors (Lipinski definition) is 8. The van der Waals surface area contributed by atoms with Crippen molar-refractivity contribution in [2.24, 2.45) is 0 Å². The summed E-state index contributed by atoms with van der Waals surface area (Å²) in [5, 5.41) is 21.0. The van der Waals surface area contributed by atoms with Crippen molar-refractivity contribution in [2.75, 3.05) is 0 Å². The molecule has 2 aliphatic heterocycles. The number of hydrogen-bond donors (Lipinski definition) is 3. The Balaban J connectivity index is 1.44. The number of aromatic nitrogens is 2. The van der Waals surface area contributed by atoms with Gasteiger partial charge in [-0.2, -0.15) is 0 Å². The van der Waals surface area contributed by atoms with Gasteiger partial charge in [-0.05, 0) is 31.0 Å². The Hall–Kier alpha value is -1.49. The van der Waals surface area contributed by atoms with E-state index in [-0.39, 0.29) is 24.5 Å². The second-order valence-electron chi connectivity index (χ2n) is 6.39. The number of aliphatic hydroxyl groups is 2. The Labute approximate surface area is 174 Å². The number of nitrogens with one attached hydrogen (secondary N) is 1. The summed E-state index contributed by atoms with van der Waals surface area (Å²) in [4.78, 5) is 25.4. The first-order valence-electron chi connectivity index (χ1n) is 8.42. The summed E-state index contributed by atoms with van der Waals surface area (Å²) in [5.41, 5.74) is -0.751. The Bertz CT molecular complexity index is 1040. The lowest BCUT2D eigenvalue weighted by Gasteiger charge is -2.32. The zero-order valence-electron chi connectivity index (χ0n) is 14.6. The first-order chi connectivity index (χ1) is 13.7. The molecule has 1 aromatic carbocycles. The molecule has 2 aromatic rings. The van der Waals surface area contributed by atoms with Crippen LogP contribution in [-0.4, -0.2) is 31.8 Å². The van der Waals surface area contributed by atoms with Gasteiger partial charge in [0, 0.05) is 16.8 Å². The summed E-state index contributed by atoms with van der Waals surface area (Å²) in [6, 6.07) is 4.93. The van der Waals surface area contributed by atoms with E-state index in [1.807, 2.05) is 0 Å². The van der Waals surface area contributed by atoms with Crippen LogP contribution in [0.1, 0.15) is 24.6 Å². The third kappa shape index (κ3) is 4.35. The summed E-state index contributed by atoms with van der Waals surface area (Å²) in [6.07, 6.45) is -0.539. The van der Waals surface area contributed by atoms with Gasteiger partial charge in [-0.1, -0.05) is 23.2 Å². The van der Waals surface area contributed by atoms with Crippen LogP contribution >= 0.6 is 31.8 Å². The molecule has 3 heterocycles. The van der Waals surface area contributed by atoms with Crippen molar-refractivity contribution in [1.82, 2.24) is 9.55 Å². The molecule has 0 bridgehead atoms. The van der Waals surface area contributed by atoms with Crippen LogP contribution in [0, 0.1) is 0 Å². The molecule has 3 N–H and O–H groups in total. The predicted octanol–water partition coefficient (Wildman–Crippen LogP) is 2.01. The molecule has 0 spiro atoms. The van der Waals surface area contributed by atoms with Crippen LogP contribution in [0.2, 0.25) is 10.0 Å². The van der Waals surface area contributed by atoms with E-state index in [0.717, 1.165) is 10.8 Å². The first-order valence-corrected chi connectivity index (χ1v) is 10.3. The van der Waals surface area contributed by atoms with Gasteiger partial charge in [0.1, 0.15) is 23.1 Å². The maximum atomic E-state index is 12.0. The largest absolute Gasteiger partial charge is 0.426 e. The molecular weight excluding hydrogens is 450 g/mol. The number of H-pyrrole nitrogens is 1. The van der Waals surface area contributed by atoms with E-state index < -0.39 is 38.2 Å². The van der Waals surface area contributed by atoms with E-state index in [4.69, 9.17) is 41.5 Å². The van der Waals surface area contributed by atoms with Gasteiger partial charge in [0.15, 0.2) is 0 Å². The van der Waals surface area contributed by atoms with Gasteiger partial charge in [-0.25, -0.2) is 9.32 Å². The predicted molar refractivity (Wildman–Crippen MR) is 102 cm³/mol. The zero-order valence-corrected chi connectivity index (χ0v) is 17.0. The number of rotatable bonds is 4. The highest BCUT2D eigenvalue weighted by molar-refractivity contribution is 7.42. The van der Waals surface area contributed by atoms with Gasteiger partial charge in [0.25, 0.3) is 5.56 Å². The van der Waals surface area contributed by atoms with Crippen LogP contribution < -0.4 is 15.8 Å². The molecule has 0 saturated carbocycles. The fourth-order valence-electron chi connectivity index (χ4n) is 2.97. The molecule has 1 fully saturated rings. The van der Waals surface area contributed by atoms with E-state index in [2.05, 4.69) is 4.98 Å². The number of fused-ring (bicyclic) bond motifs is 1. The van der Waals surface area contributed by atoms with Gasteiger partial charge in [0.05, 0.1) is 6.61 Å². The van der Waals surface area contributed by atoms with Crippen molar-refractivity contribution in [3.05, 3.63) is 60.8 Å². The lowest BCUT2D eigenvalue weighted by atomic mass is 10.2. The number of aromatic amines is 1. The Morgan fingerprint density at radius 1 is 1.28 bits per heavy atom. The van der Waals surface area contributed by atoms with Crippen molar-refractivity contribution >= 4 is 31.8 Å². The smallest absolute Gasteiger partial charge is 0.402 e. The number of halogens is 2. The lowest BCUT2D eigenvalue weighted by Crippen LogP contribution is -2.44. The summed E-state index contributed by atoms with van der Waals surface area (Å²) < 4.78 is 22.7. The minimum atomic E-state index is -2.74. The van der Waals surface area contributed by atoms with Crippen LogP contribution in [0.5, 0.6) is 5.75 Å². The topological polar surface area (TPSA) is 132 Å². The quantitative estimate of drug-likeness (QED) is 0.462. The molecule has 0 radical (unpaired) electrons. The average molecular weight is 465 g/mol. The molecule has 1 aromatic heterocycles. The van der Waals surface area contributed by atoms with E-state index in [1.165, 1.54) is 0 Å². The van der Waals surface area contributed by atoms with Crippen molar-refractivity contribution in [1.29, 1.82) is 0 Å². The zero-order chi connectivity index (χ0) is 20.8. The van der Waals surface area contributed by atoms with Gasteiger partial charge < -0.3 is 19.5 Å². The number of benzene rings is 1.